The highest BCUT2D eigenvalue weighted by atomic mass is 35.5. The van der Waals surface area contributed by atoms with Gasteiger partial charge >= 0.3 is 0 Å². The summed E-state index contributed by atoms with van der Waals surface area (Å²) in [6, 6.07) is 7.05. The van der Waals surface area contributed by atoms with Crippen molar-refractivity contribution in [1.29, 1.82) is 0 Å². The number of nitrogens with one attached hydrogen (secondary N) is 1. The molecule has 118 valence electrons. The van der Waals surface area contributed by atoms with Crippen LogP contribution in [0.3, 0.4) is 0 Å². The van der Waals surface area contributed by atoms with Gasteiger partial charge < -0.3 is 14.8 Å². The minimum absolute atomic E-state index is 0.0559. The standard InChI is InChI=1S/C16H17ClFNO3/c1-10(7-14(20)15-3-2-6-22-15)19-16(21)8-11-4-5-12(18)9-13(11)17/h2-6,9-10,14,20H,7-8H2,1H3,(H,19,21). The molecule has 1 aromatic carbocycles. The molecule has 2 N–H and O–H groups in total. The fourth-order valence-electron chi connectivity index (χ4n) is 2.15. The lowest BCUT2D eigenvalue weighted by Crippen LogP contribution is -2.34. The molecule has 6 heteroatoms. The van der Waals surface area contributed by atoms with Gasteiger partial charge in [-0.25, -0.2) is 4.39 Å². The summed E-state index contributed by atoms with van der Waals surface area (Å²) in [5, 5.41) is 12.9. The maximum absolute atomic E-state index is 13.0. The lowest BCUT2D eigenvalue weighted by molar-refractivity contribution is -0.121. The van der Waals surface area contributed by atoms with Crippen molar-refractivity contribution in [1.82, 2.24) is 5.32 Å². The smallest absolute Gasteiger partial charge is 0.224 e. The van der Waals surface area contributed by atoms with E-state index in [1.165, 1.54) is 24.5 Å². The summed E-state index contributed by atoms with van der Waals surface area (Å²) in [6.45, 7) is 1.79. The van der Waals surface area contributed by atoms with Crippen molar-refractivity contribution in [2.24, 2.45) is 0 Å². The predicted molar refractivity (Wildman–Crippen MR) is 81.0 cm³/mol. The zero-order chi connectivity index (χ0) is 16.1. The van der Waals surface area contributed by atoms with Gasteiger partial charge in [-0.05, 0) is 36.8 Å². The van der Waals surface area contributed by atoms with E-state index in [0.29, 0.717) is 17.7 Å². The van der Waals surface area contributed by atoms with Gasteiger partial charge in [-0.1, -0.05) is 17.7 Å². The van der Waals surface area contributed by atoms with Crippen LogP contribution in [0.5, 0.6) is 0 Å². The zero-order valence-electron chi connectivity index (χ0n) is 12.1. The Morgan fingerprint density at radius 1 is 1.45 bits per heavy atom. The van der Waals surface area contributed by atoms with E-state index < -0.39 is 11.9 Å². The molecule has 0 aliphatic carbocycles. The second-order valence-corrected chi connectivity index (χ2v) is 5.56. The van der Waals surface area contributed by atoms with Crippen LogP contribution >= 0.6 is 11.6 Å². The molecule has 0 aliphatic heterocycles. The maximum atomic E-state index is 13.0. The van der Waals surface area contributed by atoms with Crippen LogP contribution in [0.4, 0.5) is 4.39 Å². The molecular formula is C16H17ClFNO3. The molecule has 0 bridgehead atoms. The van der Waals surface area contributed by atoms with Crippen molar-refractivity contribution < 1.29 is 18.7 Å². The van der Waals surface area contributed by atoms with Crippen LogP contribution in [0.2, 0.25) is 5.02 Å². The van der Waals surface area contributed by atoms with E-state index in [1.54, 1.807) is 19.1 Å². The van der Waals surface area contributed by atoms with E-state index >= 15 is 0 Å². The van der Waals surface area contributed by atoms with Gasteiger partial charge in [0, 0.05) is 17.5 Å². The number of aliphatic hydroxyl groups excluding tert-OH is 1. The van der Waals surface area contributed by atoms with Crippen molar-refractivity contribution in [2.45, 2.75) is 31.9 Å². The fraction of sp³-hybridized carbons (Fsp3) is 0.312. The zero-order valence-corrected chi connectivity index (χ0v) is 12.8. The van der Waals surface area contributed by atoms with Gasteiger partial charge in [0.05, 0.1) is 12.7 Å². The molecule has 2 unspecified atom stereocenters. The number of carbonyl (C=O) groups excluding carboxylic acids is 1. The summed E-state index contributed by atoms with van der Waals surface area (Å²) >= 11 is 5.89. The molecule has 0 saturated heterocycles. The lowest BCUT2D eigenvalue weighted by atomic mass is 10.1. The third kappa shape index (κ3) is 4.58. The summed E-state index contributed by atoms with van der Waals surface area (Å²) in [5.74, 6) is -0.223. The van der Waals surface area contributed by atoms with E-state index in [1.807, 2.05) is 0 Å². The molecule has 0 spiro atoms. The number of hydrogen-bond acceptors (Lipinski definition) is 3. The molecule has 0 fully saturated rings. The Morgan fingerprint density at radius 3 is 2.86 bits per heavy atom. The number of amides is 1. The first-order chi connectivity index (χ1) is 10.5. The monoisotopic (exact) mass is 325 g/mol. The molecule has 22 heavy (non-hydrogen) atoms. The number of rotatable bonds is 6. The number of furan rings is 1. The molecule has 0 aliphatic rings. The SMILES string of the molecule is CC(CC(O)c1ccco1)NC(=O)Cc1ccc(F)cc1Cl. The van der Waals surface area contributed by atoms with Gasteiger partial charge in [0.2, 0.25) is 5.91 Å². The first kappa shape index (κ1) is 16.5. The molecule has 2 aromatic rings. The molecule has 2 rings (SSSR count). The summed E-state index contributed by atoms with van der Waals surface area (Å²) in [6.07, 6.45) is 1.09. The molecule has 1 heterocycles. The van der Waals surface area contributed by atoms with Gasteiger partial charge in [0.1, 0.15) is 17.7 Å². The van der Waals surface area contributed by atoms with Crippen molar-refractivity contribution in [2.75, 3.05) is 0 Å². The maximum Gasteiger partial charge on any atom is 0.224 e. The Bertz CT molecular complexity index is 630. The van der Waals surface area contributed by atoms with E-state index in [4.69, 9.17) is 16.0 Å². The van der Waals surface area contributed by atoms with Crippen LogP contribution in [-0.2, 0) is 11.2 Å². The van der Waals surface area contributed by atoms with Crippen molar-refractivity contribution in [3.63, 3.8) is 0 Å². The second-order valence-electron chi connectivity index (χ2n) is 5.15. The highest BCUT2D eigenvalue weighted by molar-refractivity contribution is 6.31. The summed E-state index contributed by atoms with van der Waals surface area (Å²) in [4.78, 5) is 12.0. The van der Waals surface area contributed by atoms with Crippen LogP contribution in [0, 0.1) is 5.82 Å². The normalized spacial score (nSPS) is 13.6. The molecule has 0 saturated carbocycles. The Balaban J connectivity index is 1.86. The number of carbonyl (C=O) groups is 1. The number of benzene rings is 1. The van der Waals surface area contributed by atoms with Gasteiger partial charge in [-0.15, -0.1) is 0 Å². The second kappa shape index (κ2) is 7.42. The van der Waals surface area contributed by atoms with Gasteiger partial charge in [0.25, 0.3) is 0 Å². The molecule has 2 atom stereocenters. The highest BCUT2D eigenvalue weighted by Gasteiger charge is 2.17. The van der Waals surface area contributed by atoms with Crippen LogP contribution in [0.25, 0.3) is 0 Å². The van der Waals surface area contributed by atoms with E-state index in [2.05, 4.69) is 5.32 Å². The van der Waals surface area contributed by atoms with Crippen molar-refractivity contribution in [3.8, 4) is 0 Å². The Kier molecular flexibility index (Phi) is 5.57. The Morgan fingerprint density at radius 2 is 2.23 bits per heavy atom. The first-order valence-electron chi connectivity index (χ1n) is 6.90. The molecule has 0 radical (unpaired) electrons. The van der Waals surface area contributed by atoms with Crippen LogP contribution < -0.4 is 5.32 Å². The highest BCUT2D eigenvalue weighted by Crippen LogP contribution is 2.20. The Hall–Kier alpha value is -1.85. The molecule has 4 nitrogen and oxygen atoms in total. The predicted octanol–water partition coefficient (Wildman–Crippen LogP) is 3.24. The molecular weight excluding hydrogens is 309 g/mol. The Labute approximate surface area is 132 Å². The van der Waals surface area contributed by atoms with Crippen LogP contribution in [-0.4, -0.2) is 17.1 Å². The van der Waals surface area contributed by atoms with Crippen molar-refractivity contribution >= 4 is 17.5 Å². The largest absolute Gasteiger partial charge is 0.467 e. The van der Waals surface area contributed by atoms with E-state index in [-0.39, 0.29) is 23.4 Å². The average Bonchev–Trinajstić information content (AvgIpc) is 2.95. The number of hydrogen-bond donors (Lipinski definition) is 2. The van der Waals surface area contributed by atoms with Gasteiger partial charge in [-0.2, -0.15) is 0 Å². The van der Waals surface area contributed by atoms with Gasteiger partial charge in [0.15, 0.2) is 0 Å². The van der Waals surface area contributed by atoms with Crippen LogP contribution in [0.15, 0.2) is 41.0 Å². The van der Waals surface area contributed by atoms with E-state index in [9.17, 15) is 14.3 Å². The minimum atomic E-state index is -0.778. The number of halogens is 2. The fourth-order valence-corrected chi connectivity index (χ4v) is 2.39. The minimum Gasteiger partial charge on any atom is -0.467 e. The topological polar surface area (TPSA) is 62.5 Å². The lowest BCUT2D eigenvalue weighted by Gasteiger charge is -2.17. The van der Waals surface area contributed by atoms with E-state index in [0.717, 1.165) is 0 Å². The number of aliphatic hydroxyl groups is 1. The molecule has 1 amide bonds. The third-order valence-corrected chi connectivity index (χ3v) is 3.57. The molecule has 1 aromatic heterocycles. The van der Waals surface area contributed by atoms with Crippen molar-refractivity contribution in [3.05, 3.63) is 58.8 Å². The first-order valence-corrected chi connectivity index (χ1v) is 7.28. The third-order valence-electron chi connectivity index (χ3n) is 3.22. The van der Waals surface area contributed by atoms with Gasteiger partial charge in [-0.3, -0.25) is 4.79 Å². The summed E-state index contributed by atoms with van der Waals surface area (Å²) in [7, 11) is 0. The summed E-state index contributed by atoms with van der Waals surface area (Å²) < 4.78 is 18.1. The van der Waals surface area contributed by atoms with Crippen LogP contribution in [0.1, 0.15) is 30.8 Å². The summed E-state index contributed by atoms with van der Waals surface area (Å²) in [5.41, 5.74) is 0.555. The quantitative estimate of drug-likeness (QED) is 0.857. The average molecular weight is 326 g/mol.